The van der Waals surface area contributed by atoms with Crippen LogP contribution >= 0.6 is 0 Å². The van der Waals surface area contributed by atoms with Crippen molar-refractivity contribution in [1.29, 1.82) is 0 Å². The van der Waals surface area contributed by atoms with Crippen molar-refractivity contribution in [3.63, 3.8) is 0 Å². The van der Waals surface area contributed by atoms with Gasteiger partial charge < -0.3 is 60.2 Å². The van der Waals surface area contributed by atoms with E-state index in [1.807, 2.05) is 0 Å². The first-order valence-corrected chi connectivity index (χ1v) is 9.32. The molecule has 1 fully saturated rings. The van der Waals surface area contributed by atoms with Gasteiger partial charge in [0, 0.05) is 0 Å². The van der Waals surface area contributed by atoms with E-state index in [1.165, 1.54) is 0 Å². The van der Waals surface area contributed by atoms with Crippen LogP contribution in [0.3, 0.4) is 0 Å². The Morgan fingerprint density at radius 1 is 0.824 bits per heavy atom. The molecule has 0 bridgehead atoms. The molecule has 3 rings (SSSR count). The predicted molar refractivity (Wildman–Crippen MR) is 105 cm³/mol. The number of carbonyl (C=O) groups excluding carboxylic acids is 2. The van der Waals surface area contributed by atoms with Crippen molar-refractivity contribution in [2.45, 2.75) is 30.7 Å². The Hall–Kier alpha value is -3.98. The molecule has 1 aliphatic heterocycles. The van der Waals surface area contributed by atoms with Crippen molar-refractivity contribution in [3.05, 3.63) is 35.3 Å². The summed E-state index contributed by atoms with van der Waals surface area (Å²) < 4.78 is 29.9. The summed E-state index contributed by atoms with van der Waals surface area (Å²) in [6.07, 6.45) is -9.65. The highest BCUT2D eigenvalue weighted by Crippen LogP contribution is 2.37. The number of esters is 2. The molecule has 1 heterocycles. The smallest absolute Gasteiger partial charge is 0.338 e. The van der Waals surface area contributed by atoms with Crippen LogP contribution in [0.5, 0.6) is 34.5 Å². The number of aliphatic hydroxyl groups excluding tert-OH is 3. The minimum atomic E-state index is -2.11. The molecule has 14 nitrogen and oxygen atoms in total. The number of phenols is 6. The number of rotatable bonds is 5. The minimum Gasteiger partial charge on any atom is -0.504 e. The zero-order valence-corrected chi connectivity index (χ0v) is 16.8. The topological polar surface area (TPSA) is 244 Å². The maximum absolute atomic E-state index is 12.4. The number of ether oxygens (including phenoxy) is 3. The molecule has 2 aromatic carbocycles. The fraction of sp³-hybridized carbons (Fsp3) is 0.300. The highest BCUT2D eigenvalue weighted by Gasteiger charge is 2.46. The third-order valence-corrected chi connectivity index (χ3v) is 4.73. The van der Waals surface area contributed by atoms with Gasteiger partial charge in [0.25, 0.3) is 0 Å². The van der Waals surface area contributed by atoms with Gasteiger partial charge in [0.2, 0.25) is 0 Å². The lowest BCUT2D eigenvalue weighted by Crippen LogP contribution is -2.60. The van der Waals surface area contributed by atoms with Crippen LogP contribution in [-0.2, 0) is 14.2 Å². The van der Waals surface area contributed by atoms with Crippen molar-refractivity contribution in [3.8, 4) is 34.5 Å². The summed E-state index contributed by atoms with van der Waals surface area (Å²) in [5.41, 5.74) is -1.44. The molecule has 0 spiro atoms. The monoisotopic (exact) mass is 486 g/mol. The second-order valence-corrected chi connectivity index (χ2v) is 7.05. The lowest BCUT2D eigenvalue weighted by molar-refractivity contribution is -0.285. The Balaban J connectivity index is 1.69. The molecule has 14 heteroatoms. The molecular formula is C20H20O14. The fourth-order valence-electron chi connectivity index (χ4n) is 2.93. The number of hydrogen-bond donors (Lipinski definition) is 9. The molecule has 5 atom stereocenters. The molecule has 184 valence electrons. The lowest BCUT2D eigenvalue weighted by atomic mass is 9.99. The molecule has 0 radical (unpaired) electrons. The van der Waals surface area contributed by atoms with E-state index in [4.69, 9.17) is 17.0 Å². The van der Waals surface area contributed by atoms with Gasteiger partial charge in [0.05, 0.1) is 13.9 Å². The third-order valence-electron chi connectivity index (χ3n) is 4.73. The summed E-state index contributed by atoms with van der Waals surface area (Å²) in [4.78, 5) is 24.6. The SMILES string of the molecule is [2H]c1c(C(=O)OC[C@H]2OC(O)[C@H](OC(=O)c3cc(O)c(O)c(O)c3[2H])[C@@H](O)[C@@H]2O)cc(O)c(O)c1O. The lowest BCUT2D eigenvalue weighted by Gasteiger charge is -2.39. The van der Waals surface area contributed by atoms with E-state index in [2.05, 4.69) is 0 Å². The van der Waals surface area contributed by atoms with Gasteiger partial charge in [-0.1, -0.05) is 0 Å². The van der Waals surface area contributed by atoms with Crippen LogP contribution in [0.4, 0.5) is 0 Å². The average Bonchev–Trinajstić information content (AvgIpc) is 2.84. The van der Waals surface area contributed by atoms with Gasteiger partial charge in [-0.15, -0.1) is 0 Å². The van der Waals surface area contributed by atoms with Crippen molar-refractivity contribution in [2.24, 2.45) is 0 Å². The second kappa shape index (κ2) is 9.48. The van der Waals surface area contributed by atoms with E-state index < -0.39 is 107 Å². The van der Waals surface area contributed by atoms with Gasteiger partial charge in [0.1, 0.15) is 24.9 Å². The Labute approximate surface area is 192 Å². The van der Waals surface area contributed by atoms with Crippen molar-refractivity contribution >= 4 is 11.9 Å². The van der Waals surface area contributed by atoms with Crippen LogP contribution in [-0.4, -0.2) is 95.2 Å². The standard InChI is InChI=1S/C20H20O14/c21-8-1-6(2-9(22)13(8)25)18(29)32-5-12-15(27)16(28)17(20(31)33-12)34-19(30)7-3-10(23)14(26)11(24)4-7/h1-4,12,15-17,20-28,31H,5H2/t12-,15-,16+,17-,20?/m1/s1/i1D,3D. The van der Waals surface area contributed by atoms with Crippen LogP contribution < -0.4 is 0 Å². The number of phenolic OH excluding ortho intramolecular Hbond substituents is 6. The summed E-state index contributed by atoms with van der Waals surface area (Å²) >= 11 is 0. The Morgan fingerprint density at radius 2 is 1.32 bits per heavy atom. The van der Waals surface area contributed by atoms with Gasteiger partial charge in [0.15, 0.2) is 46.9 Å². The average molecular weight is 486 g/mol. The van der Waals surface area contributed by atoms with Crippen LogP contribution in [0, 0.1) is 0 Å². The molecule has 1 aliphatic rings. The molecule has 9 N–H and O–H groups in total. The summed E-state index contributed by atoms with van der Waals surface area (Å²) in [6.45, 7) is -0.840. The molecule has 2 aromatic rings. The van der Waals surface area contributed by atoms with Crippen LogP contribution in [0.1, 0.15) is 23.5 Å². The molecular weight excluding hydrogens is 464 g/mol. The Morgan fingerprint density at radius 3 is 1.85 bits per heavy atom. The highest BCUT2D eigenvalue weighted by atomic mass is 16.7. The number of hydrogen-bond acceptors (Lipinski definition) is 14. The second-order valence-electron chi connectivity index (χ2n) is 7.05. The molecule has 34 heavy (non-hydrogen) atoms. The van der Waals surface area contributed by atoms with Gasteiger partial charge in [-0.3, -0.25) is 0 Å². The first-order valence-electron chi connectivity index (χ1n) is 10.3. The molecule has 0 aliphatic carbocycles. The maximum Gasteiger partial charge on any atom is 0.338 e. The maximum atomic E-state index is 12.4. The zero-order valence-electron chi connectivity index (χ0n) is 18.8. The highest BCUT2D eigenvalue weighted by molar-refractivity contribution is 5.91. The number of benzene rings is 2. The summed E-state index contributed by atoms with van der Waals surface area (Å²) in [6, 6.07) is -0.606. The third kappa shape index (κ3) is 4.84. The number of aliphatic hydroxyl groups is 3. The van der Waals surface area contributed by atoms with E-state index in [9.17, 15) is 55.5 Å². The van der Waals surface area contributed by atoms with Gasteiger partial charge in [-0.25, -0.2) is 9.59 Å². The quantitative estimate of drug-likeness (QED) is 0.177. The van der Waals surface area contributed by atoms with Gasteiger partial charge in [-0.05, 0) is 24.2 Å². The fourth-order valence-corrected chi connectivity index (χ4v) is 2.93. The van der Waals surface area contributed by atoms with Crippen LogP contribution in [0.25, 0.3) is 0 Å². The zero-order chi connectivity index (χ0) is 27.1. The Bertz CT molecular complexity index is 1200. The first-order chi connectivity index (χ1) is 16.8. The minimum absolute atomic E-state index is 0.584. The molecule has 0 aromatic heterocycles. The van der Waals surface area contributed by atoms with Crippen LogP contribution in [0.2, 0.25) is 0 Å². The molecule has 0 saturated carbocycles. The molecule has 1 unspecified atom stereocenters. The van der Waals surface area contributed by atoms with E-state index in [-0.39, 0.29) is 0 Å². The van der Waals surface area contributed by atoms with Crippen LogP contribution in [0.15, 0.2) is 24.2 Å². The van der Waals surface area contributed by atoms with E-state index >= 15 is 0 Å². The van der Waals surface area contributed by atoms with E-state index in [1.54, 1.807) is 0 Å². The van der Waals surface area contributed by atoms with E-state index in [0.717, 1.165) is 0 Å². The van der Waals surface area contributed by atoms with Crippen molar-refractivity contribution < 1.29 is 72.5 Å². The summed E-state index contributed by atoms with van der Waals surface area (Å²) in [5.74, 6) is -9.01. The largest absolute Gasteiger partial charge is 0.504 e. The predicted octanol–water partition coefficient (Wildman–Crippen LogP) is -1.26. The number of carbonyl (C=O) groups is 2. The summed E-state index contributed by atoms with van der Waals surface area (Å²) in [7, 11) is 0. The molecule has 0 amide bonds. The van der Waals surface area contributed by atoms with Gasteiger partial charge in [-0.2, -0.15) is 0 Å². The Kier molecular flexibility index (Phi) is 6.09. The molecule has 1 saturated heterocycles. The van der Waals surface area contributed by atoms with Gasteiger partial charge >= 0.3 is 11.9 Å². The van der Waals surface area contributed by atoms with Crippen molar-refractivity contribution in [1.82, 2.24) is 0 Å². The summed E-state index contributed by atoms with van der Waals surface area (Å²) in [5, 5.41) is 87.7. The number of aromatic hydroxyl groups is 6. The van der Waals surface area contributed by atoms with E-state index in [0.29, 0.717) is 12.1 Å². The normalized spacial score (nSPS) is 25.2. The van der Waals surface area contributed by atoms with Crippen molar-refractivity contribution in [2.75, 3.05) is 6.61 Å². The first kappa shape index (κ1) is 21.8.